The van der Waals surface area contributed by atoms with Gasteiger partial charge in [-0.2, -0.15) is 0 Å². The highest BCUT2D eigenvalue weighted by Crippen LogP contribution is 2.46. The van der Waals surface area contributed by atoms with E-state index in [1.807, 2.05) is 0 Å². The number of fused-ring (bicyclic) bond motifs is 8. The molecule has 5 N–H and O–H groups in total. The highest BCUT2D eigenvalue weighted by Gasteiger charge is 2.49. The van der Waals surface area contributed by atoms with Crippen LogP contribution in [0, 0.1) is 23.7 Å². The first kappa shape index (κ1) is 21.7. The third-order valence-corrected chi connectivity index (χ3v) is 9.98. The summed E-state index contributed by atoms with van der Waals surface area (Å²) in [6.45, 7) is 0. The highest BCUT2D eigenvalue weighted by atomic mass is 15.3. The van der Waals surface area contributed by atoms with E-state index in [9.17, 15) is 0 Å². The summed E-state index contributed by atoms with van der Waals surface area (Å²) in [6, 6.07) is 24.1. The Balaban J connectivity index is 0.923. The Morgan fingerprint density at radius 2 is 1.40 bits per heavy atom. The average molecular weight is 523 g/mol. The minimum absolute atomic E-state index is 0.264. The lowest BCUT2D eigenvalue weighted by Gasteiger charge is -2.22. The van der Waals surface area contributed by atoms with Gasteiger partial charge in [0.2, 0.25) is 0 Å². The number of imidazole rings is 1. The van der Waals surface area contributed by atoms with Crippen molar-refractivity contribution in [1.82, 2.24) is 20.6 Å². The second-order valence-electron chi connectivity index (χ2n) is 12.6. The number of rotatable bonds is 2. The van der Waals surface area contributed by atoms with E-state index < -0.39 is 0 Å². The van der Waals surface area contributed by atoms with Crippen molar-refractivity contribution in [2.45, 2.75) is 56.0 Å². The molecule has 196 valence electrons. The predicted molar refractivity (Wildman–Crippen MR) is 160 cm³/mol. The molecule has 4 unspecified atom stereocenters. The molecule has 5 aromatic rings. The molecule has 10 rings (SSSR count). The molecule has 4 aromatic carbocycles. The van der Waals surface area contributed by atoms with Gasteiger partial charge in [-0.3, -0.25) is 0 Å². The van der Waals surface area contributed by atoms with Crippen LogP contribution in [0.4, 0.5) is 11.4 Å². The van der Waals surface area contributed by atoms with Gasteiger partial charge in [-0.05, 0) is 84.7 Å². The summed E-state index contributed by atoms with van der Waals surface area (Å²) in [5, 5.41) is 19.8. The summed E-state index contributed by atoms with van der Waals surface area (Å²) in [7, 11) is 0. The van der Waals surface area contributed by atoms with Crippen molar-refractivity contribution in [2.75, 3.05) is 10.6 Å². The number of hydrogen-bond acceptors (Lipinski definition) is 5. The van der Waals surface area contributed by atoms with Gasteiger partial charge < -0.3 is 26.3 Å². The summed E-state index contributed by atoms with van der Waals surface area (Å²) < 4.78 is 0. The van der Waals surface area contributed by atoms with Crippen molar-refractivity contribution in [2.24, 2.45) is 11.8 Å². The molecule has 40 heavy (non-hydrogen) atoms. The van der Waals surface area contributed by atoms with Crippen LogP contribution in [-0.2, 0) is 0 Å². The van der Waals surface area contributed by atoms with Gasteiger partial charge in [-0.25, -0.2) is 4.98 Å². The summed E-state index contributed by atoms with van der Waals surface area (Å²) in [5.41, 5.74) is 6.63. The van der Waals surface area contributed by atoms with E-state index in [0.29, 0.717) is 18.1 Å². The van der Waals surface area contributed by atoms with Crippen LogP contribution in [0.25, 0.3) is 32.6 Å². The van der Waals surface area contributed by atoms with Gasteiger partial charge in [-0.1, -0.05) is 36.1 Å². The van der Waals surface area contributed by atoms with E-state index in [0.717, 1.165) is 45.9 Å². The topological polar surface area (TPSA) is 76.8 Å². The molecule has 0 radical (unpaired) electrons. The van der Waals surface area contributed by atoms with Gasteiger partial charge in [0.25, 0.3) is 0 Å². The Morgan fingerprint density at radius 1 is 0.675 bits per heavy atom. The molecule has 2 aliphatic carbocycles. The quantitative estimate of drug-likeness (QED) is 0.195. The third-order valence-electron chi connectivity index (χ3n) is 9.98. The molecule has 5 aliphatic rings. The second kappa shape index (κ2) is 7.78. The zero-order valence-electron chi connectivity index (χ0n) is 22.1. The maximum absolute atomic E-state index is 5.02. The van der Waals surface area contributed by atoms with E-state index in [1.165, 1.54) is 58.6 Å². The van der Waals surface area contributed by atoms with Gasteiger partial charge in [0.05, 0.1) is 28.5 Å². The SMILES string of the molecule is C(#Cc1ccc2c(ccc3[nH]c([C@@H]4CC5CC5N4)nc32)c1)c1ccc2c3c(ccc2c1)NC([C@@H]1C[C@H]2CC2N1)N3. The number of aromatic nitrogens is 2. The fourth-order valence-corrected chi connectivity index (χ4v) is 7.60. The molecule has 7 atom stereocenters. The van der Waals surface area contributed by atoms with Crippen LogP contribution in [-0.4, -0.2) is 34.3 Å². The number of aromatic amines is 1. The van der Waals surface area contributed by atoms with E-state index in [-0.39, 0.29) is 6.17 Å². The first-order valence-electron chi connectivity index (χ1n) is 14.8. The van der Waals surface area contributed by atoms with Crippen LogP contribution in [0.15, 0.2) is 60.7 Å². The van der Waals surface area contributed by atoms with Gasteiger partial charge in [-0.15, -0.1) is 0 Å². The molecule has 4 heterocycles. The number of benzene rings is 4. The number of nitrogens with zero attached hydrogens (tertiary/aromatic N) is 1. The van der Waals surface area contributed by atoms with Gasteiger partial charge >= 0.3 is 0 Å². The number of anilines is 2. The number of piperidine rings is 2. The Kier molecular flexibility index (Phi) is 4.23. The molecule has 3 aliphatic heterocycles. The molecule has 0 bridgehead atoms. The van der Waals surface area contributed by atoms with Crippen molar-refractivity contribution in [3.8, 4) is 11.8 Å². The van der Waals surface area contributed by atoms with Crippen LogP contribution in [0.2, 0.25) is 0 Å². The monoisotopic (exact) mass is 522 g/mol. The Bertz CT molecular complexity index is 1920. The lowest BCUT2D eigenvalue weighted by Crippen LogP contribution is -2.44. The largest absolute Gasteiger partial charge is 0.362 e. The van der Waals surface area contributed by atoms with Crippen LogP contribution in [0.5, 0.6) is 0 Å². The molecule has 6 nitrogen and oxygen atoms in total. The van der Waals surface area contributed by atoms with E-state index in [2.05, 4.69) is 98.8 Å². The first-order chi connectivity index (χ1) is 19.7. The van der Waals surface area contributed by atoms with Crippen LogP contribution < -0.4 is 21.3 Å². The third kappa shape index (κ3) is 3.35. The van der Waals surface area contributed by atoms with Crippen molar-refractivity contribution in [3.63, 3.8) is 0 Å². The van der Waals surface area contributed by atoms with Gasteiger partial charge in [0.1, 0.15) is 12.0 Å². The number of hydrogen-bond donors (Lipinski definition) is 5. The molecule has 0 spiro atoms. The van der Waals surface area contributed by atoms with Crippen molar-refractivity contribution < 1.29 is 0 Å². The summed E-state index contributed by atoms with van der Waals surface area (Å²) >= 11 is 0. The second-order valence-corrected chi connectivity index (χ2v) is 12.6. The van der Waals surface area contributed by atoms with Crippen molar-refractivity contribution in [1.29, 1.82) is 0 Å². The maximum Gasteiger partial charge on any atom is 0.124 e. The molecular weight excluding hydrogens is 492 g/mol. The Morgan fingerprint density at radius 3 is 2.17 bits per heavy atom. The van der Waals surface area contributed by atoms with E-state index in [4.69, 9.17) is 4.98 Å². The average Bonchev–Trinajstić information content (AvgIpc) is 3.56. The predicted octanol–water partition coefficient (Wildman–Crippen LogP) is 5.61. The molecule has 2 saturated heterocycles. The Labute approximate surface area is 232 Å². The van der Waals surface area contributed by atoms with Gasteiger partial charge in [0, 0.05) is 40.0 Å². The Hall–Kier alpha value is -4.05. The summed E-state index contributed by atoms with van der Waals surface area (Å²) in [4.78, 5) is 8.59. The van der Waals surface area contributed by atoms with Crippen molar-refractivity contribution >= 4 is 44.0 Å². The molecule has 4 fully saturated rings. The number of H-pyrrole nitrogens is 1. The zero-order chi connectivity index (χ0) is 25.9. The lowest BCUT2D eigenvalue weighted by molar-refractivity contribution is 0.501. The minimum atomic E-state index is 0.264. The smallest absolute Gasteiger partial charge is 0.124 e. The van der Waals surface area contributed by atoms with Crippen LogP contribution in [0.1, 0.15) is 48.7 Å². The molecule has 1 aromatic heterocycles. The summed E-state index contributed by atoms with van der Waals surface area (Å²) in [6.07, 6.45) is 5.42. The lowest BCUT2D eigenvalue weighted by atomic mass is 10.0. The van der Waals surface area contributed by atoms with E-state index >= 15 is 0 Å². The normalized spacial score (nSPS) is 30.9. The molecule has 2 saturated carbocycles. The maximum atomic E-state index is 5.02. The van der Waals surface area contributed by atoms with Crippen LogP contribution in [0.3, 0.4) is 0 Å². The highest BCUT2D eigenvalue weighted by molar-refractivity contribution is 6.05. The number of nitrogens with one attached hydrogen (secondary N) is 5. The fourth-order valence-electron chi connectivity index (χ4n) is 7.60. The molecule has 6 heteroatoms. The van der Waals surface area contributed by atoms with Gasteiger partial charge in [0.15, 0.2) is 0 Å². The van der Waals surface area contributed by atoms with Crippen molar-refractivity contribution in [3.05, 3.63) is 77.6 Å². The standard InChI is InChI=1S/C34H30N6/c1(17-3-7-23-19(11-17)5-9-25-31(23)39-33(37-25)29-15-21-13-27(21)35-29)2-18-4-8-24-20(12-18)6-10-26-32(24)40-34(38-26)30-16-22-14-28(22)36-30/h3-12,21-22,27-30,33,35-37,39H,13-16H2,(H,38,40)/t21-,22?,27?,28?,29+,30+,33?/m1/s1. The van der Waals surface area contributed by atoms with Crippen LogP contribution >= 0.6 is 0 Å². The first-order valence-corrected chi connectivity index (χ1v) is 14.8. The molecular formula is C34H30N6. The summed E-state index contributed by atoms with van der Waals surface area (Å²) in [5.74, 6) is 9.63. The minimum Gasteiger partial charge on any atom is -0.362 e. The fraction of sp³-hybridized carbons (Fsp3) is 0.324. The van der Waals surface area contributed by atoms with E-state index in [1.54, 1.807) is 0 Å². The zero-order valence-corrected chi connectivity index (χ0v) is 22.1. The molecule has 0 amide bonds.